The molecule has 18 heteroatoms. The first kappa shape index (κ1) is 36.3. The molecule has 274 valence electrons. The van der Waals surface area contributed by atoms with Gasteiger partial charge < -0.3 is 0 Å². The number of ketones is 1. The van der Waals surface area contributed by atoms with Gasteiger partial charge in [-0.2, -0.15) is 32.1 Å². The molecule has 8 nitrogen and oxygen atoms in total. The maximum absolute atomic E-state index is 15.3. The van der Waals surface area contributed by atoms with E-state index < -0.39 is 92.8 Å². The van der Waals surface area contributed by atoms with Gasteiger partial charge in [-0.1, -0.05) is 29.3 Å². The molecule has 0 unspecified atom stereocenters. The van der Waals surface area contributed by atoms with E-state index in [-0.39, 0.29) is 40.0 Å². The van der Waals surface area contributed by atoms with Gasteiger partial charge in [0.15, 0.2) is 21.3 Å². The summed E-state index contributed by atoms with van der Waals surface area (Å²) < 4.78 is 127. The zero-order chi connectivity index (χ0) is 37.7. The van der Waals surface area contributed by atoms with Crippen molar-refractivity contribution >= 4 is 49.7 Å². The summed E-state index contributed by atoms with van der Waals surface area (Å²) in [4.78, 5) is 18.3. The van der Waals surface area contributed by atoms with Gasteiger partial charge in [-0.15, -0.1) is 0 Å². The quantitative estimate of drug-likeness (QED) is 0.105. The minimum absolute atomic E-state index is 0.0480. The second kappa shape index (κ2) is 12.5. The first-order chi connectivity index (χ1) is 24.2. The third-order valence-corrected chi connectivity index (χ3v) is 10.7. The molecule has 3 atom stereocenters. The van der Waals surface area contributed by atoms with Crippen LogP contribution in [0.15, 0.2) is 42.5 Å². The Bertz CT molecular complexity index is 2390. The van der Waals surface area contributed by atoms with Gasteiger partial charge in [0.05, 0.1) is 27.7 Å². The van der Waals surface area contributed by atoms with Gasteiger partial charge in [0.1, 0.15) is 29.0 Å². The number of fused-ring (bicyclic) bond motifs is 4. The first-order valence-electron chi connectivity index (χ1n) is 15.7. The van der Waals surface area contributed by atoms with Crippen LogP contribution in [-0.2, 0) is 52.5 Å². The SMILES string of the molecule is Cn1nc(CS(C)(=O)=O)c2c(Cl)ccc(-c3ccc(Cl)nc3[C@@H](CC(=O)Cn3nc(C(F)(F)F)c4c3C(F)(F)[C@@H]3C[C@H]43)Cc3cc(F)cc(F)c3)c21. The van der Waals surface area contributed by atoms with E-state index in [1.165, 1.54) is 16.8 Å². The van der Waals surface area contributed by atoms with E-state index in [0.717, 1.165) is 18.4 Å². The Balaban J connectivity index is 1.33. The monoisotopic (exact) mass is 787 g/mol. The van der Waals surface area contributed by atoms with Crippen LogP contribution in [0.5, 0.6) is 0 Å². The van der Waals surface area contributed by atoms with Gasteiger partial charge >= 0.3 is 6.18 Å². The standard InChI is InChI=1S/C34H26Cl2F7N5O3S/c1-47-30-21(3-5-24(35)28(30)25(45-47)14-52(2,50)51)20-4-6-26(36)44-29(20)16(7-15-8-17(37)11-18(38)9-15)10-19(49)13-48-32-27(31(46-48)34(41,42)43)22-12-23(22)33(32,39)40/h3-6,8-9,11,16,22-23H,7,10,12-14H2,1-2H3/t16-,22+,23-/m1/s1. The molecule has 2 aromatic carbocycles. The summed E-state index contributed by atoms with van der Waals surface area (Å²) in [6.45, 7) is -0.945. The Hall–Kier alpha value is -4.02. The zero-order valence-corrected chi connectivity index (χ0v) is 29.4. The number of pyridine rings is 1. The van der Waals surface area contributed by atoms with E-state index in [1.54, 1.807) is 19.2 Å². The molecule has 3 heterocycles. The molecule has 0 bridgehead atoms. The summed E-state index contributed by atoms with van der Waals surface area (Å²) in [6, 6.07) is 8.82. The molecule has 0 saturated heterocycles. The number of Topliss-reactive ketones (excluding diaryl/α,β-unsaturated/α-hetero) is 1. The summed E-state index contributed by atoms with van der Waals surface area (Å²) in [5, 5.41) is 8.30. The highest BCUT2D eigenvalue weighted by Crippen LogP contribution is 2.68. The van der Waals surface area contributed by atoms with Crippen LogP contribution in [0.3, 0.4) is 0 Å². The lowest BCUT2D eigenvalue weighted by molar-refractivity contribution is -0.142. The van der Waals surface area contributed by atoms with Crippen LogP contribution >= 0.6 is 23.2 Å². The lowest BCUT2D eigenvalue weighted by atomic mass is 9.86. The Morgan fingerprint density at radius 1 is 1.04 bits per heavy atom. The number of alkyl halides is 5. The molecule has 3 aromatic heterocycles. The highest BCUT2D eigenvalue weighted by molar-refractivity contribution is 7.89. The molecule has 52 heavy (non-hydrogen) atoms. The van der Waals surface area contributed by atoms with Gasteiger partial charge in [0, 0.05) is 59.7 Å². The number of nitrogens with zero attached hydrogens (tertiary/aromatic N) is 5. The van der Waals surface area contributed by atoms with Crippen LogP contribution in [-0.4, -0.2) is 45.0 Å². The van der Waals surface area contributed by atoms with Crippen LogP contribution in [0.1, 0.15) is 58.6 Å². The molecule has 0 spiro atoms. The van der Waals surface area contributed by atoms with Crippen molar-refractivity contribution in [2.24, 2.45) is 13.0 Å². The van der Waals surface area contributed by atoms with E-state index in [4.69, 9.17) is 23.2 Å². The first-order valence-corrected chi connectivity index (χ1v) is 18.6. The normalized spacial score (nSPS) is 18.4. The van der Waals surface area contributed by atoms with E-state index in [9.17, 15) is 35.2 Å². The van der Waals surface area contributed by atoms with Crippen LogP contribution < -0.4 is 0 Å². The smallest absolute Gasteiger partial charge is 0.298 e. The number of carbonyl (C=O) groups is 1. The average Bonchev–Trinajstić information content (AvgIpc) is 3.55. The predicted molar refractivity (Wildman–Crippen MR) is 177 cm³/mol. The topological polar surface area (TPSA) is 99.7 Å². The summed E-state index contributed by atoms with van der Waals surface area (Å²) in [5.41, 5.74) is -1.50. The van der Waals surface area contributed by atoms with Crippen molar-refractivity contribution in [1.82, 2.24) is 24.5 Å². The number of aryl methyl sites for hydroxylation is 1. The Kier molecular flexibility index (Phi) is 8.77. The van der Waals surface area contributed by atoms with Gasteiger partial charge in [-0.05, 0) is 54.7 Å². The van der Waals surface area contributed by atoms with E-state index in [2.05, 4.69) is 15.2 Å². The Labute approximate surface area is 301 Å². The number of benzene rings is 2. The molecule has 0 N–H and O–H groups in total. The molecular formula is C34H26Cl2F7N5O3S. The fourth-order valence-corrected chi connectivity index (χ4v) is 8.51. The van der Waals surface area contributed by atoms with Crippen molar-refractivity contribution in [3.8, 4) is 11.1 Å². The molecule has 0 amide bonds. The van der Waals surface area contributed by atoms with Crippen molar-refractivity contribution in [2.45, 2.75) is 55.5 Å². The maximum Gasteiger partial charge on any atom is 0.435 e. The highest BCUT2D eigenvalue weighted by atomic mass is 35.5. The molecule has 5 aromatic rings. The predicted octanol–water partition coefficient (Wildman–Crippen LogP) is 8.17. The molecule has 7 rings (SSSR count). The highest BCUT2D eigenvalue weighted by Gasteiger charge is 2.68. The molecule has 1 fully saturated rings. The van der Waals surface area contributed by atoms with Gasteiger partial charge in [-0.25, -0.2) is 22.2 Å². The van der Waals surface area contributed by atoms with E-state index in [0.29, 0.717) is 32.8 Å². The number of sulfone groups is 1. The molecule has 1 saturated carbocycles. The molecule has 0 aliphatic heterocycles. The van der Waals surface area contributed by atoms with Crippen molar-refractivity contribution in [3.63, 3.8) is 0 Å². The van der Waals surface area contributed by atoms with Crippen LogP contribution in [0.25, 0.3) is 22.0 Å². The number of halogens is 9. The number of carbonyl (C=O) groups excluding carboxylic acids is 1. The van der Waals surface area contributed by atoms with Crippen LogP contribution in [0, 0.1) is 17.6 Å². The van der Waals surface area contributed by atoms with Crippen molar-refractivity contribution in [2.75, 3.05) is 6.26 Å². The van der Waals surface area contributed by atoms with Crippen LogP contribution in [0.2, 0.25) is 10.2 Å². The summed E-state index contributed by atoms with van der Waals surface area (Å²) in [7, 11) is -2.00. The molecule has 2 aliphatic rings. The van der Waals surface area contributed by atoms with Crippen molar-refractivity contribution < 1.29 is 43.9 Å². The Morgan fingerprint density at radius 2 is 1.71 bits per heavy atom. The molecule has 0 radical (unpaired) electrons. The van der Waals surface area contributed by atoms with Gasteiger partial charge in [-0.3, -0.25) is 14.2 Å². The molecular weight excluding hydrogens is 762 g/mol. The lowest BCUT2D eigenvalue weighted by Gasteiger charge is -2.21. The third kappa shape index (κ3) is 6.57. The summed E-state index contributed by atoms with van der Waals surface area (Å²) in [5.74, 6) is -10.1. The second-order valence-electron chi connectivity index (χ2n) is 13.3. The second-order valence-corrected chi connectivity index (χ2v) is 16.2. The minimum atomic E-state index is -5.04. The number of hydrogen-bond donors (Lipinski definition) is 0. The fourth-order valence-electron chi connectivity index (χ4n) is 7.39. The average molecular weight is 789 g/mol. The van der Waals surface area contributed by atoms with Gasteiger partial charge in [0.25, 0.3) is 5.92 Å². The summed E-state index contributed by atoms with van der Waals surface area (Å²) in [6.07, 6.45) is -4.91. The fraction of sp³-hybridized carbons (Fsp3) is 0.353. The maximum atomic E-state index is 15.3. The molecule has 2 aliphatic carbocycles. The van der Waals surface area contributed by atoms with Gasteiger partial charge in [0.2, 0.25) is 0 Å². The van der Waals surface area contributed by atoms with Crippen molar-refractivity contribution in [3.05, 3.63) is 98.2 Å². The largest absolute Gasteiger partial charge is 0.435 e. The van der Waals surface area contributed by atoms with Crippen LogP contribution in [0.4, 0.5) is 30.7 Å². The van der Waals surface area contributed by atoms with E-state index in [1.807, 2.05) is 0 Å². The van der Waals surface area contributed by atoms with E-state index >= 15 is 8.78 Å². The number of rotatable bonds is 10. The minimum Gasteiger partial charge on any atom is -0.298 e. The number of hydrogen-bond acceptors (Lipinski definition) is 6. The summed E-state index contributed by atoms with van der Waals surface area (Å²) >= 11 is 12.9. The Morgan fingerprint density at radius 3 is 2.37 bits per heavy atom. The number of aromatic nitrogens is 5. The van der Waals surface area contributed by atoms with Crippen molar-refractivity contribution in [1.29, 1.82) is 0 Å². The zero-order valence-electron chi connectivity index (χ0n) is 27.1. The third-order valence-electron chi connectivity index (χ3n) is 9.38. The lowest BCUT2D eigenvalue weighted by Crippen LogP contribution is -2.24.